The molecule has 0 aliphatic heterocycles. The van der Waals surface area contributed by atoms with Crippen LogP contribution in [-0.4, -0.2) is 24.1 Å². The number of nitrogens with zero attached hydrogens (tertiary/aromatic N) is 2. The van der Waals surface area contributed by atoms with Gasteiger partial charge in [0.25, 0.3) is 5.69 Å². The normalized spacial score (nSPS) is 10.7. The van der Waals surface area contributed by atoms with Crippen molar-refractivity contribution in [3.05, 3.63) is 55.9 Å². The first kappa shape index (κ1) is 16.7. The molecule has 0 saturated heterocycles. The molecule has 9 heteroatoms. The first-order chi connectivity index (χ1) is 11.9. The van der Waals surface area contributed by atoms with Crippen LogP contribution in [0.15, 0.2) is 39.5 Å². The van der Waals surface area contributed by atoms with E-state index in [2.05, 4.69) is 4.98 Å². The van der Waals surface area contributed by atoms with E-state index in [1.165, 1.54) is 44.6 Å². The third kappa shape index (κ3) is 2.99. The monoisotopic (exact) mass is 362 g/mol. The van der Waals surface area contributed by atoms with Gasteiger partial charge in [0.2, 0.25) is 5.89 Å². The second-order valence-electron chi connectivity index (χ2n) is 4.95. The van der Waals surface area contributed by atoms with Gasteiger partial charge in [0.1, 0.15) is 5.02 Å². The smallest absolute Gasteiger partial charge is 0.347 e. The van der Waals surface area contributed by atoms with Crippen molar-refractivity contribution < 1.29 is 18.8 Å². The van der Waals surface area contributed by atoms with Gasteiger partial charge in [-0.15, -0.1) is 0 Å². The summed E-state index contributed by atoms with van der Waals surface area (Å²) in [6, 6.07) is 7.00. The Morgan fingerprint density at radius 1 is 1.16 bits per heavy atom. The fourth-order valence-corrected chi connectivity index (χ4v) is 2.49. The van der Waals surface area contributed by atoms with Crippen molar-refractivity contribution in [2.75, 3.05) is 14.2 Å². The number of aromatic nitrogens is 1. The highest BCUT2D eigenvalue weighted by atomic mass is 35.5. The van der Waals surface area contributed by atoms with Gasteiger partial charge in [-0.2, -0.15) is 0 Å². The summed E-state index contributed by atoms with van der Waals surface area (Å²) in [5.74, 6) is 0.685. The molecule has 1 aromatic heterocycles. The standard InChI is InChI=1S/C16H11ClN2O6/c1-23-13-6-9-11(7-14(13)24-2)18-15(25-16(9)20)8-3-4-10(17)12(5-8)19(21)22/h3-7H,1-2H3. The highest BCUT2D eigenvalue weighted by Crippen LogP contribution is 2.32. The van der Waals surface area contributed by atoms with Gasteiger partial charge in [-0.1, -0.05) is 11.6 Å². The predicted molar refractivity (Wildman–Crippen MR) is 90.5 cm³/mol. The molecule has 0 unspecified atom stereocenters. The van der Waals surface area contributed by atoms with E-state index in [-0.39, 0.29) is 27.6 Å². The summed E-state index contributed by atoms with van der Waals surface area (Å²) in [6.07, 6.45) is 0. The number of hydrogen-bond donors (Lipinski definition) is 0. The van der Waals surface area contributed by atoms with E-state index in [0.717, 1.165) is 0 Å². The molecule has 0 saturated carbocycles. The molecule has 0 atom stereocenters. The van der Waals surface area contributed by atoms with Gasteiger partial charge >= 0.3 is 5.63 Å². The van der Waals surface area contributed by atoms with Crippen molar-refractivity contribution in [3.8, 4) is 23.0 Å². The number of ether oxygens (including phenoxy) is 2. The molecule has 0 fully saturated rings. The number of fused-ring (bicyclic) bond motifs is 1. The molecule has 3 rings (SSSR count). The summed E-state index contributed by atoms with van der Waals surface area (Å²) in [6.45, 7) is 0. The van der Waals surface area contributed by atoms with E-state index < -0.39 is 10.5 Å². The summed E-state index contributed by atoms with van der Waals surface area (Å²) < 4.78 is 15.5. The second kappa shape index (κ2) is 6.40. The number of benzene rings is 2. The zero-order valence-corrected chi connectivity index (χ0v) is 13.9. The molecule has 0 aliphatic rings. The largest absolute Gasteiger partial charge is 0.493 e. The fraction of sp³-hybridized carbons (Fsp3) is 0.125. The topological polar surface area (TPSA) is 105 Å². The second-order valence-corrected chi connectivity index (χ2v) is 5.36. The number of methoxy groups -OCH3 is 2. The maximum Gasteiger partial charge on any atom is 0.347 e. The van der Waals surface area contributed by atoms with Crippen LogP contribution in [0.2, 0.25) is 5.02 Å². The Balaban J connectivity index is 2.23. The van der Waals surface area contributed by atoms with Gasteiger partial charge in [-0.05, 0) is 12.1 Å². The highest BCUT2D eigenvalue weighted by molar-refractivity contribution is 6.32. The van der Waals surface area contributed by atoms with E-state index in [1.54, 1.807) is 0 Å². The Labute approximate surface area is 145 Å². The molecular weight excluding hydrogens is 352 g/mol. The van der Waals surface area contributed by atoms with Crippen molar-refractivity contribution in [1.29, 1.82) is 0 Å². The summed E-state index contributed by atoms with van der Waals surface area (Å²) in [4.78, 5) is 26.9. The van der Waals surface area contributed by atoms with Crippen LogP contribution in [0.25, 0.3) is 22.4 Å². The van der Waals surface area contributed by atoms with Gasteiger partial charge < -0.3 is 13.9 Å². The van der Waals surface area contributed by atoms with Gasteiger partial charge in [0, 0.05) is 23.8 Å². The minimum absolute atomic E-state index is 0.0247. The molecule has 0 amide bonds. The average Bonchev–Trinajstić information content (AvgIpc) is 2.60. The van der Waals surface area contributed by atoms with Crippen LogP contribution >= 0.6 is 11.6 Å². The molecular formula is C16H11ClN2O6. The van der Waals surface area contributed by atoms with Crippen LogP contribution in [-0.2, 0) is 0 Å². The molecule has 0 N–H and O–H groups in total. The highest BCUT2D eigenvalue weighted by Gasteiger charge is 2.17. The maximum atomic E-state index is 12.3. The summed E-state index contributed by atoms with van der Waals surface area (Å²) in [5, 5.41) is 11.2. The SMILES string of the molecule is COc1cc2nc(-c3ccc(Cl)c([N+](=O)[O-])c3)oc(=O)c2cc1OC. The van der Waals surface area contributed by atoms with Crippen molar-refractivity contribution in [2.45, 2.75) is 0 Å². The lowest BCUT2D eigenvalue weighted by molar-refractivity contribution is -0.384. The van der Waals surface area contributed by atoms with Crippen LogP contribution in [0.4, 0.5) is 5.69 Å². The Morgan fingerprint density at radius 3 is 2.48 bits per heavy atom. The van der Waals surface area contributed by atoms with Crippen LogP contribution in [0.5, 0.6) is 11.5 Å². The van der Waals surface area contributed by atoms with Crippen molar-refractivity contribution >= 4 is 28.2 Å². The van der Waals surface area contributed by atoms with Gasteiger partial charge in [-0.3, -0.25) is 10.1 Å². The Morgan fingerprint density at radius 2 is 1.84 bits per heavy atom. The zero-order chi connectivity index (χ0) is 18.1. The lowest BCUT2D eigenvalue weighted by atomic mass is 10.2. The minimum atomic E-state index is -0.654. The van der Waals surface area contributed by atoms with Gasteiger partial charge in [-0.25, -0.2) is 9.78 Å². The van der Waals surface area contributed by atoms with Gasteiger partial charge in [0.05, 0.1) is 30.0 Å². The fourth-order valence-electron chi connectivity index (χ4n) is 2.31. The molecule has 3 aromatic rings. The lowest BCUT2D eigenvalue weighted by Gasteiger charge is -2.08. The molecule has 0 aliphatic carbocycles. The molecule has 0 radical (unpaired) electrons. The van der Waals surface area contributed by atoms with Crippen molar-refractivity contribution in [1.82, 2.24) is 4.98 Å². The first-order valence-electron chi connectivity index (χ1n) is 6.95. The van der Waals surface area contributed by atoms with Crippen LogP contribution in [0, 0.1) is 10.1 Å². The Bertz CT molecular complexity index is 1050. The third-order valence-electron chi connectivity index (χ3n) is 3.52. The van der Waals surface area contributed by atoms with Crippen molar-refractivity contribution in [3.63, 3.8) is 0 Å². The van der Waals surface area contributed by atoms with E-state index in [0.29, 0.717) is 17.0 Å². The number of hydrogen-bond acceptors (Lipinski definition) is 7. The number of rotatable bonds is 4. The molecule has 2 aromatic carbocycles. The number of nitro groups is 1. The lowest BCUT2D eigenvalue weighted by Crippen LogP contribution is -2.04. The van der Waals surface area contributed by atoms with Crippen LogP contribution in [0.3, 0.4) is 0 Å². The molecule has 0 spiro atoms. The average molecular weight is 363 g/mol. The number of halogens is 1. The third-order valence-corrected chi connectivity index (χ3v) is 3.84. The van der Waals surface area contributed by atoms with E-state index in [4.69, 9.17) is 25.5 Å². The van der Waals surface area contributed by atoms with E-state index in [9.17, 15) is 14.9 Å². The molecule has 1 heterocycles. The molecule has 8 nitrogen and oxygen atoms in total. The molecule has 128 valence electrons. The van der Waals surface area contributed by atoms with E-state index in [1.807, 2.05) is 0 Å². The van der Waals surface area contributed by atoms with Gasteiger partial charge in [0.15, 0.2) is 11.5 Å². The summed E-state index contributed by atoms with van der Waals surface area (Å²) in [7, 11) is 2.90. The van der Waals surface area contributed by atoms with E-state index >= 15 is 0 Å². The Kier molecular flexibility index (Phi) is 4.28. The molecule has 0 bridgehead atoms. The first-order valence-corrected chi connectivity index (χ1v) is 7.33. The molecule has 25 heavy (non-hydrogen) atoms. The number of nitro benzene ring substituents is 1. The predicted octanol–water partition coefficient (Wildman–Crippen LogP) is 3.43. The summed E-state index contributed by atoms with van der Waals surface area (Å²) in [5.41, 5.74) is -0.402. The summed E-state index contributed by atoms with van der Waals surface area (Å²) >= 11 is 5.79. The minimum Gasteiger partial charge on any atom is -0.493 e. The quantitative estimate of drug-likeness (QED) is 0.517. The van der Waals surface area contributed by atoms with Crippen molar-refractivity contribution in [2.24, 2.45) is 0 Å². The van der Waals surface area contributed by atoms with Crippen LogP contribution < -0.4 is 15.1 Å². The van der Waals surface area contributed by atoms with Crippen LogP contribution in [0.1, 0.15) is 0 Å². The Hall–Kier alpha value is -3.13. The zero-order valence-electron chi connectivity index (χ0n) is 13.1. The maximum absolute atomic E-state index is 12.3.